The van der Waals surface area contributed by atoms with Crippen molar-refractivity contribution in [1.29, 1.82) is 0 Å². The second-order valence-electron chi connectivity index (χ2n) is 4.45. The summed E-state index contributed by atoms with van der Waals surface area (Å²) < 4.78 is 5.09. The largest absolute Gasteiger partial charge is 0.444 e. The Morgan fingerprint density at radius 2 is 2.18 bits per heavy atom. The highest BCUT2D eigenvalue weighted by atomic mass is 16.6. The van der Waals surface area contributed by atoms with Crippen molar-refractivity contribution in [3.8, 4) is 0 Å². The minimum atomic E-state index is -0.468. The second kappa shape index (κ2) is 6.03. The van der Waals surface area contributed by atoms with Gasteiger partial charge in [-0.3, -0.25) is 0 Å². The van der Waals surface area contributed by atoms with E-state index in [9.17, 15) is 4.79 Å². The summed E-state index contributed by atoms with van der Waals surface area (Å²) in [6.07, 6.45) is 2.70. The Hall–Kier alpha value is -1.85. The molecule has 0 saturated heterocycles. The predicted molar refractivity (Wildman–Crippen MR) is 64.8 cm³/mol. The molecule has 0 aliphatic rings. The highest BCUT2D eigenvalue weighted by molar-refractivity contribution is 5.67. The van der Waals surface area contributed by atoms with Gasteiger partial charge < -0.3 is 15.4 Å². The van der Waals surface area contributed by atoms with Crippen LogP contribution in [0.4, 0.5) is 10.6 Å². The number of amides is 1. The summed E-state index contributed by atoms with van der Waals surface area (Å²) in [5.41, 5.74) is -0.468. The van der Waals surface area contributed by atoms with Crippen molar-refractivity contribution in [1.82, 2.24) is 15.3 Å². The van der Waals surface area contributed by atoms with Crippen molar-refractivity contribution in [2.45, 2.75) is 26.4 Å². The minimum absolute atomic E-state index is 0.415. The molecule has 1 amide bonds. The first-order chi connectivity index (χ1) is 7.97. The standard InChI is InChI=1S/C11H18N4O2/c1-11(2,3)17-10(16)14-7-6-13-9-4-5-12-8-15-9/h4-5,8H,6-7H2,1-3H3,(H,14,16)(H,12,13,15). The molecule has 6 nitrogen and oxygen atoms in total. The Kier molecular flexibility index (Phi) is 4.68. The number of carbonyl (C=O) groups is 1. The lowest BCUT2D eigenvalue weighted by molar-refractivity contribution is 0.0530. The number of nitrogens with one attached hydrogen (secondary N) is 2. The molecular formula is C11H18N4O2. The zero-order valence-electron chi connectivity index (χ0n) is 10.4. The molecule has 0 aromatic carbocycles. The number of anilines is 1. The SMILES string of the molecule is CC(C)(C)OC(=O)NCCNc1ccncn1. The van der Waals surface area contributed by atoms with Crippen LogP contribution >= 0.6 is 0 Å². The topological polar surface area (TPSA) is 76.1 Å². The van der Waals surface area contributed by atoms with Gasteiger partial charge in [0, 0.05) is 19.3 Å². The van der Waals surface area contributed by atoms with Gasteiger partial charge in [0.15, 0.2) is 0 Å². The average Bonchev–Trinajstić information content (AvgIpc) is 2.23. The number of carbonyl (C=O) groups excluding carboxylic acids is 1. The maximum Gasteiger partial charge on any atom is 0.407 e. The van der Waals surface area contributed by atoms with Crippen LogP contribution in [-0.2, 0) is 4.74 Å². The van der Waals surface area contributed by atoms with E-state index in [-0.39, 0.29) is 0 Å². The fourth-order valence-corrected chi connectivity index (χ4v) is 1.06. The number of alkyl carbamates (subject to hydrolysis) is 1. The summed E-state index contributed by atoms with van der Waals surface area (Å²) in [4.78, 5) is 19.1. The van der Waals surface area contributed by atoms with Crippen molar-refractivity contribution in [3.63, 3.8) is 0 Å². The predicted octanol–water partition coefficient (Wildman–Crippen LogP) is 1.41. The van der Waals surface area contributed by atoms with Crippen molar-refractivity contribution in [3.05, 3.63) is 18.6 Å². The normalized spacial score (nSPS) is 10.8. The zero-order chi connectivity index (χ0) is 12.7. The van der Waals surface area contributed by atoms with Crippen molar-refractivity contribution >= 4 is 11.9 Å². The van der Waals surface area contributed by atoms with Gasteiger partial charge in [-0.15, -0.1) is 0 Å². The molecule has 1 heterocycles. The molecule has 94 valence electrons. The molecule has 0 unspecified atom stereocenters. The maximum absolute atomic E-state index is 11.3. The van der Waals surface area contributed by atoms with Gasteiger partial charge in [-0.1, -0.05) is 0 Å². The van der Waals surface area contributed by atoms with Crippen LogP contribution in [0, 0.1) is 0 Å². The number of ether oxygens (including phenoxy) is 1. The summed E-state index contributed by atoms with van der Waals surface area (Å²) in [6, 6.07) is 1.76. The van der Waals surface area contributed by atoms with E-state index in [1.807, 2.05) is 20.8 Å². The van der Waals surface area contributed by atoms with Crippen LogP contribution in [0.15, 0.2) is 18.6 Å². The molecule has 0 spiro atoms. The third-order valence-corrected chi connectivity index (χ3v) is 1.68. The van der Waals surface area contributed by atoms with E-state index in [1.165, 1.54) is 6.33 Å². The lowest BCUT2D eigenvalue weighted by Gasteiger charge is -2.19. The molecule has 2 N–H and O–H groups in total. The number of rotatable bonds is 4. The van der Waals surface area contributed by atoms with E-state index in [0.29, 0.717) is 13.1 Å². The lowest BCUT2D eigenvalue weighted by atomic mass is 10.2. The first kappa shape index (κ1) is 13.2. The third kappa shape index (κ3) is 6.34. The molecule has 1 rings (SSSR count). The van der Waals surface area contributed by atoms with E-state index in [2.05, 4.69) is 20.6 Å². The van der Waals surface area contributed by atoms with Gasteiger partial charge in [-0.25, -0.2) is 14.8 Å². The van der Waals surface area contributed by atoms with Gasteiger partial charge in [-0.05, 0) is 26.8 Å². The summed E-state index contributed by atoms with van der Waals surface area (Å²) >= 11 is 0. The number of hydrogen-bond acceptors (Lipinski definition) is 5. The summed E-state index contributed by atoms with van der Waals surface area (Å²) in [5, 5.41) is 5.68. The van der Waals surface area contributed by atoms with Crippen molar-refractivity contribution < 1.29 is 9.53 Å². The van der Waals surface area contributed by atoms with Crippen molar-refractivity contribution in [2.24, 2.45) is 0 Å². The highest BCUT2D eigenvalue weighted by Crippen LogP contribution is 2.06. The van der Waals surface area contributed by atoms with Crippen LogP contribution in [-0.4, -0.2) is 34.8 Å². The fraction of sp³-hybridized carbons (Fsp3) is 0.545. The minimum Gasteiger partial charge on any atom is -0.444 e. The van der Waals surface area contributed by atoms with E-state index >= 15 is 0 Å². The Balaban J connectivity index is 2.14. The number of nitrogens with zero attached hydrogens (tertiary/aromatic N) is 2. The van der Waals surface area contributed by atoms with Crippen LogP contribution in [0.2, 0.25) is 0 Å². The molecule has 6 heteroatoms. The first-order valence-electron chi connectivity index (χ1n) is 5.44. The molecule has 0 atom stereocenters. The lowest BCUT2D eigenvalue weighted by Crippen LogP contribution is -2.35. The van der Waals surface area contributed by atoms with Gasteiger partial charge >= 0.3 is 6.09 Å². The molecule has 1 aromatic heterocycles. The number of aromatic nitrogens is 2. The maximum atomic E-state index is 11.3. The molecule has 0 saturated carbocycles. The zero-order valence-corrected chi connectivity index (χ0v) is 10.4. The average molecular weight is 238 g/mol. The molecule has 1 aromatic rings. The molecule has 0 aliphatic heterocycles. The third-order valence-electron chi connectivity index (χ3n) is 1.68. The van der Waals surface area contributed by atoms with E-state index in [4.69, 9.17) is 4.74 Å². The first-order valence-corrected chi connectivity index (χ1v) is 5.44. The van der Waals surface area contributed by atoms with E-state index < -0.39 is 11.7 Å². The smallest absolute Gasteiger partial charge is 0.407 e. The van der Waals surface area contributed by atoms with Gasteiger partial charge in [0.25, 0.3) is 0 Å². The van der Waals surface area contributed by atoms with Crippen LogP contribution < -0.4 is 10.6 Å². The fourth-order valence-electron chi connectivity index (χ4n) is 1.06. The summed E-state index contributed by atoms with van der Waals surface area (Å²) in [5.74, 6) is 0.728. The van der Waals surface area contributed by atoms with Gasteiger partial charge in [0.2, 0.25) is 0 Å². The van der Waals surface area contributed by atoms with Gasteiger partial charge in [0.05, 0.1) is 0 Å². The Labute approximate surface area is 101 Å². The van der Waals surface area contributed by atoms with Crippen molar-refractivity contribution in [2.75, 3.05) is 18.4 Å². The Morgan fingerprint density at radius 1 is 1.41 bits per heavy atom. The highest BCUT2D eigenvalue weighted by Gasteiger charge is 2.15. The monoisotopic (exact) mass is 238 g/mol. The van der Waals surface area contributed by atoms with Crippen LogP contribution in [0.1, 0.15) is 20.8 Å². The molecule has 0 radical (unpaired) electrons. The van der Waals surface area contributed by atoms with Gasteiger partial charge in [-0.2, -0.15) is 0 Å². The molecule has 17 heavy (non-hydrogen) atoms. The van der Waals surface area contributed by atoms with E-state index in [0.717, 1.165) is 5.82 Å². The van der Waals surface area contributed by atoms with Gasteiger partial charge in [0.1, 0.15) is 17.7 Å². The quantitative estimate of drug-likeness (QED) is 0.776. The molecular weight excluding hydrogens is 220 g/mol. The van der Waals surface area contributed by atoms with Crippen LogP contribution in [0.5, 0.6) is 0 Å². The summed E-state index contributed by atoms with van der Waals surface area (Å²) in [7, 11) is 0. The summed E-state index contributed by atoms with van der Waals surface area (Å²) in [6.45, 7) is 6.53. The van der Waals surface area contributed by atoms with Crippen LogP contribution in [0.25, 0.3) is 0 Å². The molecule has 0 aliphatic carbocycles. The van der Waals surface area contributed by atoms with E-state index in [1.54, 1.807) is 12.3 Å². The number of hydrogen-bond donors (Lipinski definition) is 2. The molecule has 0 fully saturated rings. The Morgan fingerprint density at radius 3 is 2.76 bits per heavy atom. The van der Waals surface area contributed by atoms with Crippen LogP contribution in [0.3, 0.4) is 0 Å². The molecule has 0 bridgehead atoms. The second-order valence-corrected chi connectivity index (χ2v) is 4.45. The Bertz CT molecular complexity index is 348.